The van der Waals surface area contributed by atoms with Crippen LogP contribution in [0.3, 0.4) is 0 Å². The van der Waals surface area contributed by atoms with Gasteiger partial charge in [0.15, 0.2) is 0 Å². The Morgan fingerprint density at radius 2 is 1.20 bits per heavy atom. The van der Waals surface area contributed by atoms with Gasteiger partial charge in [-0.3, -0.25) is 0 Å². The summed E-state index contributed by atoms with van der Waals surface area (Å²) in [7, 11) is 0.498. The Labute approximate surface area is 79.9 Å². The molecule has 1 heterocycles. The minimum atomic E-state index is -5.08. The Bertz CT molecular complexity index is 246. The van der Waals surface area contributed by atoms with E-state index in [9.17, 15) is 26.3 Å². The van der Waals surface area contributed by atoms with E-state index in [1.165, 1.54) is 0 Å². The van der Waals surface area contributed by atoms with Crippen LogP contribution in [0.2, 0.25) is 0 Å². The molecule has 0 aromatic heterocycles. The van der Waals surface area contributed by atoms with Crippen LogP contribution in [0.1, 0.15) is 6.92 Å². The van der Waals surface area contributed by atoms with Gasteiger partial charge in [-0.1, -0.05) is 0 Å². The van der Waals surface area contributed by atoms with Gasteiger partial charge >= 0.3 is 18.5 Å². The van der Waals surface area contributed by atoms with Gasteiger partial charge in [0.05, 0.1) is 0 Å². The average Bonchev–Trinajstić information content (AvgIpc) is 1.95. The zero-order valence-corrected chi connectivity index (χ0v) is 7.49. The summed E-state index contributed by atoms with van der Waals surface area (Å²) < 4.78 is 85.3. The molecular formula is C6H6F6O3. The summed E-state index contributed by atoms with van der Waals surface area (Å²) in [5.74, 6) is 0. The highest BCUT2D eigenvalue weighted by Gasteiger charge is 2.78. The molecule has 0 N–H and O–H groups in total. The smallest absolute Gasteiger partial charge is 0.362 e. The van der Waals surface area contributed by atoms with Crippen molar-refractivity contribution >= 4 is 0 Å². The molecule has 1 rings (SSSR count). The summed E-state index contributed by atoms with van der Waals surface area (Å²) in [5.41, 5.74) is -3.62. The molecule has 15 heavy (non-hydrogen) atoms. The number of halogens is 6. The van der Waals surface area contributed by atoms with Crippen LogP contribution < -0.4 is 0 Å². The average molecular weight is 240 g/mol. The van der Waals surface area contributed by atoms with Crippen molar-refractivity contribution in [3.05, 3.63) is 0 Å². The fourth-order valence-corrected chi connectivity index (χ4v) is 0.921. The number of rotatable bonds is 1. The Hall–Kier alpha value is -0.540. The van der Waals surface area contributed by atoms with Crippen LogP contribution >= 0.6 is 0 Å². The van der Waals surface area contributed by atoms with Crippen LogP contribution in [0.5, 0.6) is 0 Å². The van der Waals surface area contributed by atoms with E-state index < -0.39 is 24.1 Å². The van der Waals surface area contributed by atoms with E-state index in [1.807, 2.05) is 0 Å². The molecule has 90 valence electrons. The van der Waals surface area contributed by atoms with E-state index >= 15 is 0 Å². The molecule has 0 atom stereocenters. The maximum absolute atomic E-state index is 12.9. The minimum Gasteiger partial charge on any atom is -0.362 e. The van der Waals surface area contributed by atoms with Crippen molar-refractivity contribution in [1.29, 1.82) is 0 Å². The van der Waals surface area contributed by atoms with Gasteiger partial charge in [-0.05, 0) is 6.92 Å². The second-order valence-electron chi connectivity index (χ2n) is 2.94. The first-order valence-electron chi connectivity index (χ1n) is 3.56. The van der Waals surface area contributed by atoms with Crippen molar-refractivity contribution in [3.63, 3.8) is 0 Å². The molecule has 3 nitrogen and oxygen atoms in total. The zero-order chi connectivity index (χ0) is 12.1. The molecule has 0 unspecified atom stereocenters. The van der Waals surface area contributed by atoms with Crippen LogP contribution in [-0.2, 0) is 14.2 Å². The number of hydrogen-bond acceptors (Lipinski definition) is 3. The monoisotopic (exact) mass is 240 g/mol. The Kier molecular flexibility index (Phi) is 2.49. The highest BCUT2D eigenvalue weighted by atomic mass is 19.3. The number of hydrogen-bond donors (Lipinski definition) is 0. The fourth-order valence-electron chi connectivity index (χ4n) is 0.921. The van der Waals surface area contributed by atoms with E-state index in [4.69, 9.17) is 0 Å². The molecule has 0 aromatic carbocycles. The molecule has 0 bridgehead atoms. The lowest BCUT2D eigenvalue weighted by Gasteiger charge is -2.45. The standard InChI is InChI=1S/C6H6F6O3/c1-3(13-2)4(7,8)14-6(11,12)15-5(3,9)10/h1-2H3. The first kappa shape index (κ1) is 12.5. The van der Waals surface area contributed by atoms with Crippen LogP contribution in [0.15, 0.2) is 0 Å². The summed E-state index contributed by atoms with van der Waals surface area (Å²) in [5, 5.41) is 0. The summed E-state index contributed by atoms with van der Waals surface area (Å²) in [4.78, 5) is 0. The van der Waals surface area contributed by atoms with Gasteiger partial charge in [0.1, 0.15) is 0 Å². The third-order valence-electron chi connectivity index (χ3n) is 2.01. The second kappa shape index (κ2) is 2.98. The molecule has 0 amide bonds. The molecule has 0 aromatic rings. The topological polar surface area (TPSA) is 27.7 Å². The van der Waals surface area contributed by atoms with E-state index in [0.29, 0.717) is 7.11 Å². The minimum absolute atomic E-state index is 0.197. The van der Waals surface area contributed by atoms with Gasteiger partial charge < -0.3 is 4.74 Å². The predicted molar refractivity (Wildman–Crippen MR) is 32.4 cm³/mol. The normalized spacial score (nSPS) is 31.2. The maximum atomic E-state index is 12.9. The van der Waals surface area contributed by atoms with Crippen molar-refractivity contribution in [2.75, 3.05) is 7.11 Å². The molecule has 1 saturated heterocycles. The first-order valence-corrected chi connectivity index (χ1v) is 3.56. The molecule has 0 aliphatic carbocycles. The van der Waals surface area contributed by atoms with E-state index in [2.05, 4.69) is 14.2 Å². The van der Waals surface area contributed by atoms with Crippen LogP contribution in [0, 0.1) is 0 Å². The van der Waals surface area contributed by atoms with Gasteiger partial charge in [-0.2, -0.15) is 17.6 Å². The maximum Gasteiger partial charge on any atom is 0.495 e. The molecular weight excluding hydrogens is 234 g/mol. The summed E-state index contributed by atoms with van der Waals surface area (Å²) in [6.45, 7) is 0.197. The lowest BCUT2D eigenvalue weighted by molar-refractivity contribution is -0.604. The molecule has 0 spiro atoms. The Morgan fingerprint density at radius 1 is 0.867 bits per heavy atom. The molecule has 1 fully saturated rings. The SMILES string of the molecule is COC1(C)C(F)(F)OC(F)(F)OC1(F)F. The molecule has 1 aliphatic rings. The van der Waals surface area contributed by atoms with Gasteiger partial charge in [0.2, 0.25) is 5.60 Å². The predicted octanol–water partition coefficient (Wildman–Crippen LogP) is 2.17. The lowest BCUT2D eigenvalue weighted by atomic mass is 10.0. The van der Waals surface area contributed by atoms with E-state index in [0.717, 1.165) is 0 Å². The lowest BCUT2D eigenvalue weighted by Crippen LogP contribution is -2.69. The van der Waals surface area contributed by atoms with Crippen molar-refractivity contribution in [1.82, 2.24) is 0 Å². The molecule has 0 radical (unpaired) electrons. The summed E-state index contributed by atoms with van der Waals surface area (Å²) in [6.07, 6.45) is -14.9. The van der Waals surface area contributed by atoms with Gasteiger partial charge in [0.25, 0.3) is 0 Å². The van der Waals surface area contributed by atoms with E-state index in [-0.39, 0.29) is 6.92 Å². The van der Waals surface area contributed by atoms with Crippen LogP contribution in [0.25, 0.3) is 0 Å². The second-order valence-corrected chi connectivity index (χ2v) is 2.94. The Balaban J connectivity index is 3.18. The van der Waals surface area contributed by atoms with Crippen molar-refractivity contribution in [2.45, 2.75) is 31.0 Å². The van der Waals surface area contributed by atoms with Gasteiger partial charge in [-0.25, -0.2) is 9.47 Å². The zero-order valence-electron chi connectivity index (χ0n) is 7.49. The fraction of sp³-hybridized carbons (Fsp3) is 1.00. The molecule has 9 heteroatoms. The van der Waals surface area contributed by atoms with Crippen LogP contribution in [-0.4, -0.2) is 31.2 Å². The van der Waals surface area contributed by atoms with Crippen LogP contribution in [0.4, 0.5) is 26.3 Å². The number of alkyl halides is 6. The number of ether oxygens (including phenoxy) is 3. The van der Waals surface area contributed by atoms with E-state index in [1.54, 1.807) is 0 Å². The third kappa shape index (κ3) is 1.68. The van der Waals surface area contributed by atoms with Gasteiger partial charge in [0, 0.05) is 7.11 Å². The molecule has 0 saturated carbocycles. The van der Waals surface area contributed by atoms with Crippen molar-refractivity contribution in [3.8, 4) is 0 Å². The largest absolute Gasteiger partial charge is 0.495 e. The first-order chi connectivity index (χ1) is 6.47. The van der Waals surface area contributed by atoms with Crippen molar-refractivity contribution < 1.29 is 40.6 Å². The Morgan fingerprint density at radius 3 is 1.47 bits per heavy atom. The highest BCUT2D eigenvalue weighted by Crippen LogP contribution is 2.53. The van der Waals surface area contributed by atoms with Gasteiger partial charge in [-0.15, -0.1) is 8.78 Å². The quantitative estimate of drug-likeness (QED) is 0.657. The third-order valence-corrected chi connectivity index (χ3v) is 2.01. The summed E-state index contributed by atoms with van der Waals surface area (Å²) >= 11 is 0. The summed E-state index contributed by atoms with van der Waals surface area (Å²) in [6, 6.07) is 0. The molecule has 1 aliphatic heterocycles. The number of methoxy groups -OCH3 is 1. The van der Waals surface area contributed by atoms with Crippen molar-refractivity contribution in [2.24, 2.45) is 0 Å². The highest BCUT2D eigenvalue weighted by molar-refractivity contribution is 4.95.